The van der Waals surface area contributed by atoms with E-state index in [1.54, 1.807) is 24.3 Å². The van der Waals surface area contributed by atoms with Crippen LogP contribution < -0.4 is 5.32 Å². The van der Waals surface area contributed by atoms with Crippen molar-refractivity contribution in [3.8, 4) is 0 Å². The Kier molecular flexibility index (Phi) is 10.6. The number of amides is 1. The summed E-state index contributed by atoms with van der Waals surface area (Å²) >= 11 is 0. The van der Waals surface area contributed by atoms with Crippen molar-refractivity contribution in [2.75, 3.05) is 25.0 Å². The highest BCUT2D eigenvalue weighted by molar-refractivity contribution is 5.97. The smallest absolute Gasteiger partial charge is 0.228 e. The number of ketones is 1. The molecule has 5 atom stereocenters. The number of carbonyl (C=O) groups excluding carboxylic acids is 2. The van der Waals surface area contributed by atoms with Crippen LogP contribution in [0, 0.1) is 0 Å². The first kappa shape index (κ1) is 32.7. The molecular weight excluding hydrogens is 592 g/mol. The fourth-order valence-electron chi connectivity index (χ4n) is 6.74. The Bertz CT molecular complexity index is 1640. The van der Waals surface area contributed by atoms with Crippen LogP contribution in [-0.4, -0.2) is 58.6 Å². The van der Waals surface area contributed by atoms with Gasteiger partial charge in [0, 0.05) is 35.3 Å². The Hall–Kier alpha value is -4.18. The molecule has 1 unspecified atom stereocenters. The largest absolute Gasteiger partial charge is 0.395 e. The Morgan fingerprint density at radius 1 is 0.830 bits per heavy atom. The zero-order valence-corrected chi connectivity index (χ0v) is 26.6. The molecule has 0 saturated carbocycles. The van der Waals surface area contributed by atoms with Crippen LogP contribution in [-0.2, 0) is 27.3 Å². The predicted molar refractivity (Wildman–Crippen MR) is 180 cm³/mol. The predicted octanol–water partition coefficient (Wildman–Crippen LogP) is 5.96. The maximum absolute atomic E-state index is 12.8. The third kappa shape index (κ3) is 7.87. The van der Waals surface area contributed by atoms with E-state index in [9.17, 15) is 19.8 Å². The maximum atomic E-state index is 12.8. The van der Waals surface area contributed by atoms with Crippen LogP contribution in [0.25, 0.3) is 0 Å². The fourth-order valence-corrected chi connectivity index (χ4v) is 6.74. The first-order chi connectivity index (χ1) is 22.9. The Morgan fingerprint density at radius 3 is 2.26 bits per heavy atom. The quantitative estimate of drug-likeness (QED) is 0.175. The number of benzene rings is 4. The lowest BCUT2D eigenvalue weighted by Crippen LogP contribution is -2.46. The molecule has 0 spiro atoms. The number of hydrogen-bond donors (Lipinski definition) is 3. The average molecular weight is 635 g/mol. The van der Waals surface area contributed by atoms with Crippen molar-refractivity contribution in [3.63, 3.8) is 0 Å². The molecule has 47 heavy (non-hydrogen) atoms. The molecule has 2 aliphatic rings. The lowest BCUT2D eigenvalue weighted by Gasteiger charge is -2.44. The number of nitrogens with zero attached hydrogens (tertiary/aromatic N) is 1. The number of anilines is 1. The molecule has 0 bridgehead atoms. The Balaban J connectivity index is 1.25. The molecule has 2 aliphatic heterocycles. The molecule has 4 aromatic rings. The van der Waals surface area contributed by atoms with Crippen LogP contribution in [0.3, 0.4) is 0 Å². The van der Waals surface area contributed by atoms with Gasteiger partial charge in [-0.3, -0.25) is 14.5 Å². The molecule has 3 N–H and O–H groups in total. The van der Waals surface area contributed by atoms with Gasteiger partial charge in [-0.25, -0.2) is 0 Å². The van der Waals surface area contributed by atoms with E-state index >= 15 is 0 Å². The summed E-state index contributed by atoms with van der Waals surface area (Å²) in [4.78, 5) is 26.9. The molecule has 0 aromatic heterocycles. The highest BCUT2D eigenvalue weighted by atomic mass is 16.7. The summed E-state index contributed by atoms with van der Waals surface area (Å²) in [6.07, 6.45) is 0.948. The van der Waals surface area contributed by atoms with Crippen LogP contribution in [0.2, 0.25) is 0 Å². The van der Waals surface area contributed by atoms with E-state index in [4.69, 9.17) is 9.47 Å². The van der Waals surface area contributed by atoms with Gasteiger partial charge >= 0.3 is 0 Å². The van der Waals surface area contributed by atoms with Gasteiger partial charge in [0.25, 0.3) is 0 Å². The summed E-state index contributed by atoms with van der Waals surface area (Å²) in [5.41, 5.74) is 5.76. The van der Waals surface area contributed by atoms with Crippen molar-refractivity contribution in [1.82, 2.24) is 4.90 Å². The van der Waals surface area contributed by atoms with E-state index in [1.807, 2.05) is 66.7 Å². The Morgan fingerprint density at radius 2 is 1.55 bits per heavy atom. The topological polar surface area (TPSA) is 108 Å². The minimum Gasteiger partial charge on any atom is -0.395 e. The molecule has 4 aromatic carbocycles. The van der Waals surface area contributed by atoms with E-state index in [0.29, 0.717) is 17.8 Å². The minimum atomic E-state index is -0.658. The van der Waals surface area contributed by atoms with Gasteiger partial charge in [0.1, 0.15) is 0 Å². The number of hydrogen-bond acceptors (Lipinski definition) is 7. The third-order valence-electron chi connectivity index (χ3n) is 9.26. The maximum Gasteiger partial charge on any atom is 0.228 e. The molecule has 2 heterocycles. The first-order valence-corrected chi connectivity index (χ1v) is 16.3. The van der Waals surface area contributed by atoms with Gasteiger partial charge < -0.3 is 25.0 Å². The second-order valence-corrected chi connectivity index (χ2v) is 12.5. The molecule has 0 aliphatic carbocycles. The number of ether oxygens (including phenoxy) is 2. The van der Waals surface area contributed by atoms with Crippen molar-refractivity contribution in [3.05, 3.63) is 137 Å². The van der Waals surface area contributed by atoms with Crippen LogP contribution >= 0.6 is 0 Å². The number of Topliss-reactive ketones (excluding diaryl/α,β-unsaturated/α-hetero) is 1. The summed E-state index contributed by atoms with van der Waals surface area (Å²) in [7, 11) is 0. The molecular formula is C39H42N2O6. The molecule has 8 heteroatoms. The number of likely N-dealkylation sites (tertiary alicyclic amines) is 1. The van der Waals surface area contributed by atoms with Gasteiger partial charge in [-0.15, -0.1) is 0 Å². The van der Waals surface area contributed by atoms with E-state index in [2.05, 4.69) is 22.3 Å². The highest BCUT2D eigenvalue weighted by Gasteiger charge is 2.43. The molecule has 2 fully saturated rings. The highest BCUT2D eigenvalue weighted by Crippen LogP contribution is 2.47. The van der Waals surface area contributed by atoms with E-state index in [0.717, 1.165) is 47.2 Å². The number of carbonyl (C=O) groups is 2. The normalized spacial score (nSPS) is 23.0. The third-order valence-corrected chi connectivity index (χ3v) is 9.26. The van der Waals surface area contributed by atoms with Gasteiger partial charge in [0.15, 0.2) is 12.1 Å². The van der Waals surface area contributed by atoms with E-state index in [-0.39, 0.29) is 55.5 Å². The summed E-state index contributed by atoms with van der Waals surface area (Å²) in [5.74, 6) is -0.346. The molecule has 8 nitrogen and oxygen atoms in total. The van der Waals surface area contributed by atoms with Gasteiger partial charge in [0.05, 0.1) is 31.8 Å². The zero-order valence-electron chi connectivity index (χ0n) is 26.6. The van der Waals surface area contributed by atoms with Crippen LogP contribution in [0.1, 0.15) is 76.3 Å². The van der Waals surface area contributed by atoms with E-state index < -0.39 is 6.29 Å². The number of nitrogens with one attached hydrogen (secondary N) is 1. The van der Waals surface area contributed by atoms with E-state index in [1.165, 1.54) is 6.92 Å². The van der Waals surface area contributed by atoms with Crippen molar-refractivity contribution in [1.29, 1.82) is 0 Å². The summed E-state index contributed by atoms with van der Waals surface area (Å²) in [6.45, 7) is 3.14. The fraction of sp³-hybridized carbons (Fsp3) is 0.333. The lowest BCUT2D eigenvalue weighted by molar-refractivity contribution is -0.264. The van der Waals surface area contributed by atoms with Gasteiger partial charge in [-0.2, -0.15) is 0 Å². The summed E-state index contributed by atoms with van der Waals surface area (Å²) < 4.78 is 13.6. The number of aliphatic hydroxyl groups excluding tert-OH is 2. The Labute approximate surface area is 276 Å². The van der Waals surface area contributed by atoms with Crippen molar-refractivity contribution >= 4 is 17.4 Å². The molecule has 244 valence electrons. The second kappa shape index (κ2) is 15.2. The standard InChI is InChI=1S/C39H42N2O6/c1-26(44)32-9-5-10-33(22-32)40-36(45)21-27-12-18-31(19-13-27)39-46-35(23-41-20-6-11-34(41)25-43)37(29-7-3-2-4-8-29)38(47-39)30-16-14-28(24-42)15-17-30/h2-5,7-10,12-19,22,34-35,37-39,42-43H,6,11,20-21,23-25H2,1H3,(H,40,45)/t34-,35+,37+,38-,39?/m0/s1. The minimum absolute atomic E-state index is 0.0328. The number of rotatable bonds is 11. The number of aliphatic hydroxyl groups is 2. The molecule has 0 radical (unpaired) electrons. The van der Waals surface area contributed by atoms with Crippen molar-refractivity contribution < 1.29 is 29.3 Å². The van der Waals surface area contributed by atoms with Gasteiger partial charge in [0.2, 0.25) is 5.91 Å². The summed E-state index contributed by atoms with van der Waals surface area (Å²) in [5, 5.41) is 22.7. The molecule has 6 rings (SSSR count). The lowest BCUT2D eigenvalue weighted by atomic mass is 9.83. The average Bonchev–Trinajstić information content (AvgIpc) is 3.55. The zero-order chi connectivity index (χ0) is 32.8. The van der Waals surface area contributed by atoms with Crippen LogP contribution in [0.5, 0.6) is 0 Å². The second-order valence-electron chi connectivity index (χ2n) is 12.5. The summed E-state index contributed by atoms with van der Waals surface area (Å²) in [6, 6.07) is 33.0. The monoisotopic (exact) mass is 634 g/mol. The molecule has 1 amide bonds. The van der Waals surface area contributed by atoms with Gasteiger partial charge in [-0.05, 0) is 60.7 Å². The molecule has 2 saturated heterocycles. The van der Waals surface area contributed by atoms with Crippen molar-refractivity contribution in [2.24, 2.45) is 0 Å². The first-order valence-electron chi connectivity index (χ1n) is 16.3. The van der Waals surface area contributed by atoms with Crippen LogP contribution in [0.4, 0.5) is 5.69 Å². The van der Waals surface area contributed by atoms with Crippen molar-refractivity contribution in [2.45, 2.75) is 63.3 Å². The van der Waals surface area contributed by atoms with Gasteiger partial charge in [-0.1, -0.05) is 91.0 Å². The van der Waals surface area contributed by atoms with Crippen LogP contribution in [0.15, 0.2) is 103 Å². The SMILES string of the molecule is CC(=O)c1cccc(NC(=O)Cc2ccc(C3O[C@H](CN4CCC[C@H]4CO)[C@@H](c4ccccc4)[C@H](c4ccc(CO)cc4)O3)cc2)c1.